The van der Waals surface area contributed by atoms with Crippen molar-refractivity contribution in [3.05, 3.63) is 10.6 Å². The second kappa shape index (κ2) is 6.57. The van der Waals surface area contributed by atoms with Gasteiger partial charge < -0.3 is 19.6 Å². The summed E-state index contributed by atoms with van der Waals surface area (Å²) in [6.07, 6.45) is 2.34. The second-order valence-electron chi connectivity index (χ2n) is 6.17. The van der Waals surface area contributed by atoms with E-state index in [2.05, 4.69) is 14.5 Å². The summed E-state index contributed by atoms with van der Waals surface area (Å²) in [6, 6.07) is 0. The van der Waals surface area contributed by atoms with Crippen LogP contribution in [-0.2, 0) is 4.74 Å². The zero-order valence-electron chi connectivity index (χ0n) is 12.8. The number of hydrogen-bond acceptors (Lipinski definition) is 7. The van der Waals surface area contributed by atoms with Crippen LogP contribution in [0, 0.1) is 6.92 Å². The van der Waals surface area contributed by atoms with Crippen molar-refractivity contribution >= 4 is 17.4 Å². The van der Waals surface area contributed by atoms with Crippen molar-refractivity contribution in [2.75, 3.05) is 45.9 Å². The second-order valence-corrected chi connectivity index (χ2v) is 6.93. The molecule has 0 spiro atoms. The Morgan fingerprint density at radius 3 is 2.86 bits per heavy atom. The van der Waals surface area contributed by atoms with Gasteiger partial charge in [-0.25, -0.2) is 0 Å². The summed E-state index contributed by atoms with van der Waals surface area (Å²) in [6.45, 7) is 5.84. The predicted octanol–water partition coefficient (Wildman–Crippen LogP) is 0.146. The van der Waals surface area contributed by atoms with Crippen LogP contribution in [0.4, 0.5) is 0 Å². The van der Waals surface area contributed by atoms with Gasteiger partial charge in [0.15, 0.2) is 0 Å². The Labute approximate surface area is 134 Å². The fourth-order valence-corrected chi connectivity index (χ4v) is 3.74. The molecule has 2 aliphatic rings. The third-order valence-corrected chi connectivity index (χ3v) is 5.03. The van der Waals surface area contributed by atoms with Crippen molar-refractivity contribution in [3.8, 4) is 0 Å². The van der Waals surface area contributed by atoms with Crippen molar-refractivity contribution in [1.82, 2.24) is 19.4 Å². The average molecular weight is 326 g/mol. The number of aromatic nitrogens is 2. The minimum Gasteiger partial charge on any atom is -0.384 e. The Bertz CT molecular complexity index is 532. The molecule has 22 heavy (non-hydrogen) atoms. The van der Waals surface area contributed by atoms with E-state index in [1.165, 1.54) is 12.8 Å². The van der Waals surface area contributed by atoms with E-state index >= 15 is 0 Å². The molecule has 1 amide bonds. The zero-order valence-corrected chi connectivity index (χ0v) is 13.6. The fourth-order valence-electron chi connectivity index (χ4n) is 3.11. The number of β-amino-alcohol motifs (C(OH)–C–C–N with tert-alkyl or cyclic N) is 1. The highest BCUT2D eigenvalue weighted by Crippen LogP contribution is 2.20. The van der Waals surface area contributed by atoms with Crippen molar-refractivity contribution in [3.63, 3.8) is 0 Å². The first-order valence-electron chi connectivity index (χ1n) is 7.68. The largest absolute Gasteiger partial charge is 0.384 e. The van der Waals surface area contributed by atoms with Crippen molar-refractivity contribution in [2.24, 2.45) is 0 Å². The molecule has 0 aromatic carbocycles. The Morgan fingerprint density at radius 1 is 1.41 bits per heavy atom. The summed E-state index contributed by atoms with van der Waals surface area (Å²) in [5.41, 5.74) is -0.369. The van der Waals surface area contributed by atoms with E-state index in [4.69, 9.17) is 4.74 Å². The van der Waals surface area contributed by atoms with Crippen LogP contribution in [-0.4, -0.2) is 81.9 Å². The molecule has 1 atom stereocenters. The zero-order chi connectivity index (χ0) is 15.6. The van der Waals surface area contributed by atoms with Crippen LogP contribution < -0.4 is 0 Å². The highest BCUT2D eigenvalue weighted by molar-refractivity contribution is 7.07. The van der Waals surface area contributed by atoms with Crippen LogP contribution in [0.25, 0.3) is 0 Å². The smallest absolute Gasteiger partial charge is 0.267 e. The van der Waals surface area contributed by atoms with Gasteiger partial charge in [0, 0.05) is 13.1 Å². The van der Waals surface area contributed by atoms with E-state index in [1.807, 2.05) is 0 Å². The molecule has 3 heterocycles. The summed E-state index contributed by atoms with van der Waals surface area (Å²) in [5, 5.41) is 14.8. The first-order valence-corrected chi connectivity index (χ1v) is 8.45. The van der Waals surface area contributed by atoms with E-state index in [-0.39, 0.29) is 12.5 Å². The molecule has 0 unspecified atom stereocenters. The van der Waals surface area contributed by atoms with Gasteiger partial charge in [-0.3, -0.25) is 4.79 Å². The minimum absolute atomic E-state index is 0.113. The van der Waals surface area contributed by atoms with Gasteiger partial charge in [0.2, 0.25) is 0 Å². The van der Waals surface area contributed by atoms with Gasteiger partial charge in [0.25, 0.3) is 5.91 Å². The van der Waals surface area contributed by atoms with Gasteiger partial charge >= 0.3 is 0 Å². The van der Waals surface area contributed by atoms with Crippen LogP contribution >= 0.6 is 11.5 Å². The average Bonchev–Trinajstić information content (AvgIpc) is 3.09. The van der Waals surface area contributed by atoms with Gasteiger partial charge in [0.1, 0.15) is 10.5 Å². The number of aliphatic hydroxyl groups is 1. The summed E-state index contributed by atoms with van der Waals surface area (Å²) >= 11 is 1.11. The maximum atomic E-state index is 12.6. The molecule has 0 bridgehead atoms. The molecular weight excluding hydrogens is 304 g/mol. The van der Waals surface area contributed by atoms with Crippen molar-refractivity contribution < 1.29 is 14.6 Å². The molecule has 3 rings (SSSR count). The normalized spacial score (nSPS) is 27.1. The molecule has 122 valence electrons. The first kappa shape index (κ1) is 15.8. The molecule has 2 saturated heterocycles. The lowest BCUT2D eigenvalue weighted by molar-refractivity contribution is -0.0524. The molecule has 1 N–H and O–H groups in total. The summed E-state index contributed by atoms with van der Waals surface area (Å²) < 4.78 is 9.37. The van der Waals surface area contributed by atoms with Gasteiger partial charge in [-0.05, 0) is 44.4 Å². The minimum atomic E-state index is -1.01. The topological polar surface area (TPSA) is 78.8 Å². The number of hydrogen-bond donors (Lipinski definition) is 1. The summed E-state index contributed by atoms with van der Waals surface area (Å²) in [7, 11) is 0. The van der Waals surface area contributed by atoms with E-state index < -0.39 is 5.60 Å². The lowest BCUT2D eigenvalue weighted by Gasteiger charge is -2.33. The van der Waals surface area contributed by atoms with Crippen LogP contribution in [0.5, 0.6) is 0 Å². The third-order valence-electron chi connectivity index (χ3n) is 4.21. The highest BCUT2D eigenvalue weighted by atomic mass is 32.1. The number of aryl methyl sites for hydroxylation is 1. The molecule has 7 nitrogen and oxygen atoms in total. The Morgan fingerprint density at radius 2 is 2.18 bits per heavy atom. The number of likely N-dealkylation sites (tertiary alicyclic amines) is 1. The van der Waals surface area contributed by atoms with E-state index in [9.17, 15) is 9.90 Å². The molecule has 0 aliphatic carbocycles. The molecule has 1 aromatic rings. The van der Waals surface area contributed by atoms with E-state index in [1.54, 1.807) is 11.8 Å². The van der Waals surface area contributed by atoms with Crippen LogP contribution in [0.15, 0.2) is 0 Å². The van der Waals surface area contributed by atoms with Gasteiger partial charge in [-0.15, -0.1) is 5.10 Å². The quantitative estimate of drug-likeness (QED) is 0.852. The molecule has 1 aromatic heterocycles. The number of rotatable bonds is 3. The molecular formula is C14H22N4O3S. The van der Waals surface area contributed by atoms with Crippen LogP contribution in [0.1, 0.15) is 28.2 Å². The molecule has 2 aliphatic heterocycles. The number of ether oxygens (including phenoxy) is 1. The molecule has 0 saturated carbocycles. The number of carbonyl (C=O) groups excluding carboxylic acids is 1. The summed E-state index contributed by atoms with van der Waals surface area (Å²) in [4.78, 5) is 17.1. The lowest BCUT2D eigenvalue weighted by Crippen LogP contribution is -2.53. The Balaban J connectivity index is 1.71. The van der Waals surface area contributed by atoms with E-state index in [0.29, 0.717) is 36.8 Å². The fraction of sp³-hybridized carbons (Fsp3) is 0.786. The monoisotopic (exact) mass is 326 g/mol. The standard InChI is InChI=1S/C14H22N4O3S/c1-11-12(22-16-15-11)13(19)18-6-7-21-10-14(20,9-18)8-17-4-2-3-5-17/h20H,2-10H2,1H3/t14-/m0/s1. The highest BCUT2D eigenvalue weighted by Gasteiger charge is 2.37. The lowest BCUT2D eigenvalue weighted by atomic mass is 10.0. The van der Waals surface area contributed by atoms with Crippen molar-refractivity contribution in [1.29, 1.82) is 0 Å². The Hall–Kier alpha value is -1.09. The molecule has 2 fully saturated rings. The number of nitrogens with zero attached hydrogens (tertiary/aromatic N) is 4. The van der Waals surface area contributed by atoms with E-state index in [0.717, 1.165) is 24.6 Å². The van der Waals surface area contributed by atoms with Gasteiger partial charge in [0.05, 0.1) is 25.5 Å². The predicted molar refractivity (Wildman–Crippen MR) is 82.0 cm³/mol. The SMILES string of the molecule is Cc1nnsc1C(=O)N1CCOC[C@](O)(CN2CCCC2)C1. The molecule has 0 radical (unpaired) electrons. The number of amides is 1. The third kappa shape index (κ3) is 3.45. The Kier molecular flexibility index (Phi) is 4.72. The van der Waals surface area contributed by atoms with Crippen molar-refractivity contribution in [2.45, 2.75) is 25.4 Å². The summed E-state index contributed by atoms with van der Waals surface area (Å²) in [5.74, 6) is -0.113. The van der Waals surface area contributed by atoms with Gasteiger partial charge in [-0.2, -0.15) is 0 Å². The van der Waals surface area contributed by atoms with Crippen LogP contribution in [0.2, 0.25) is 0 Å². The van der Waals surface area contributed by atoms with Gasteiger partial charge in [-0.1, -0.05) is 4.49 Å². The molecule has 8 heteroatoms. The number of carbonyl (C=O) groups is 1. The maximum Gasteiger partial charge on any atom is 0.267 e. The maximum absolute atomic E-state index is 12.6. The van der Waals surface area contributed by atoms with Crippen LogP contribution in [0.3, 0.4) is 0 Å². The first-order chi connectivity index (χ1) is 10.6.